The van der Waals surface area contributed by atoms with E-state index in [1.807, 2.05) is 18.2 Å². The van der Waals surface area contributed by atoms with Crippen LogP contribution in [0.5, 0.6) is 5.75 Å². The number of pyridine rings is 1. The zero-order valence-corrected chi connectivity index (χ0v) is 13.0. The number of para-hydroxylation sites is 1. The summed E-state index contributed by atoms with van der Waals surface area (Å²) in [4.78, 5) is 26.3. The third-order valence-corrected chi connectivity index (χ3v) is 3.13. The van der Waals surface area contributed by atoms with E-state index in [-0.39, 0.29) is 5.91 Å². The number of aliphatic carboxylic acids is 1. The van der Waals surface area contributed by atoms with Gasteiger partial charge >= 0.3 is 5.97 Å². The number of hydrogen-bond acceptors (Lipinski definition) is 4. The van der Waals surface area contributed by atoms with E-state index in [9.17, 15) is 9.59 Å². The third-order valence-electron chi connectivity index (χ3n) is 3.13. The molecule has 0 atom stereocenters. The molecule has 0 radical (unpaired) electrons. The van der Waals surface area contributed by atoms with Crippen molar-refractivity contribution >= 4 is 18.0 Å². The van der Waals surface area contributed by atoms with E-state index in [1.165, 1.54) is 6.08 Å². The fourth-order valence-electron chi connectivity index (χ4n) is 2.02. The maximum Gasteiger partial charge on any atom is 0.341 e. The Kier molecular flexibility index (Phi) is 6.52. The SMILES string of the molecule is O=C(O)COc1ccccc1CCNC(=O)/C=C/c1cccnc1. The first kappa shape index (κ1) is 17.2. The molecule has 0 aliphatic rings. The lowest BCUT2D eigenvalue weighted by Crippen LogP contribution is -2.23. The van der Waals surface area contributed by atoms with Gasteiger partial charge in [0.15, 0.2) is 6.61 Å². The summed E-state index contributed by atoms with van der Waals surface area (Å²) in [7, 11) is 0. The molecule has 0 spiro atoms. The van der Waals surface area contributed by atoms with Gasteiger partial charge in [0.2, 0.25) is 5.91 Å². The van der Waals surface area contributed by atoms with Gasteiger partial charge in [-0.2, -0.15) is 0 Å². The number of benzene rings is 1. The van der Waals surface area contributed by atoms with Crippen LogP contribution in [0, 0.1) is 0 Å². The zero-order chi connectivity index (χ0) is 17.2. The lowest BCUT2D eigenvalue weighted by atomic mass is 10.1. The van der Waals surface area contributed by atoms with Crippen LogP contribution < -0.4 is 10.1 Å². The summed E-state index contributed by atoms with van der Waals surface area (Å²) in [6.45, 7) is 0.0286. The van der Waals surface area contributed by atoms with Gasteiger partial charge < -0.3 is 15.2 Å². The first-order valence-corrected chi connectivity index (χ1v) is 7.43. The van der Waals surface area contributed by atoms with E-state index >= 15 is 0 Å². The van der Waals surface area contributed by atoms with Gasteiger partial charge in [-0.25, -0.2) is 4.79 Å². The molecule has 0 unspecified atom stereocenters. The van der Waals surface area contributed by atoms with E-state index in [0.717, 1.165) is 11.1 Å². The van der Waals surface area contributed by atoms with Crippen molar-refractivity contribution in [3.8, 4) is 5.75 Å². The highest BCUT2D eigenvalue weighted by molar-refractivity contribution is 5.91. The van der Waals surface area contributed by atoms with Gasteiger partial charge in [0.05, 0.1) is 0 Å². The highest BCUT2D eigenvalue weighted by Crippen LogP contribution is 2.18. The van der Waals surface area contributed by atoms with Crippen LogP contribution in [-0.2, 0) is 16.0 Å². The van der Waals surface area contributed by atoms with Crippen molar-refractivity contribution in [3.05, 3.63) is 66.0 Å². The topological polar surface area (TPSA) is 88.5 Å². The third kappa shape index (κ3) is 5.92. The van der Waals surface area contributed by atoms with Gasteiger partial charge in [0.1, 0.15) is 5.75 Å². The first-order chi connectivity index (χ1) is 11.6. The Balaban J connectivity index is 1.82. The average molecular weight is 326 g/mol. The molecule has 2 aromatic rings. The molecule has 0 saturated carbocycles. The van der Waals surface area contributed by atoms with E-state index in [1.54, 1.807) is 36.7 Å². The Morgan fingerprint density at radius 3 is 2.79 bits per heavy atom. The van der Waals surface area contributed by atoms with Crippen molar-refractivity contribution in [1.29, 1.82) is 0 Å². The molecule has 6 heteroatoms. The Morgan fingerprint density at radius 1 is 1.21 bits per heavy atom. The summed E-state index contributed by atoms with van der Waals surface area (Å²) in [5.41, 5.74) is 1.69. The molecule has 1 amide bonds. The highest BCUT2D eigenvalue weighted by Gasteiger charge is 2.05. The molecule has 1 heterocycles. The lowest BCUT2D eigenvalue weighted by Gasteiger charge is -2.10. The molecule has 0 saturated heterocycles. The predicted octanol–water partition coefficient (Wildman–Crippen LogP) is 1.92. The molecule has 2 rings (SSSR count). The van der Waals surface area contributed by atoms with E-state index in [0.29, 0.717) is 18.7 Å². The summed E-state index contributed by atoms with van der Waals surface area (Å²) in [6, 6.07) is 10.8. The van der Waals surface area contributed by atoms with Gasteiger partial charge in [-0.15, -0.1) is 0 Å². The molecule has 0 aliphatic heterocycles. The molecule has 1 aromatic carbocycles. The Bertz CT molecular complexity index is 714. The summed E-state index contributed by atoms with van der Waals surface area (Å²) >= 11 is 0. The van der Waals surface area contributed by atoms with Crippen LogP contribution in [0.3, 0.4) is 0 Å². The van der Waals surface area contributed by atoms with Crippen LogP contribution in [0.25, 0.3) is 6.08 Å². The number of carbonyl (C=O) groups excluding carboxylic acids is 1. The number of rotatable bonds is 8. The van der Waals surface area contributed by atoms with Crippen molar-refractivity contribution in [2.75, 3.05) is 13.2 Å². The Labute approximate surface area is 139 Å². The number of nitrogens with zero attached hydrogens (tertiary/aromatic N) is 1. The quantitative estimate of drug-likeness (QED) is 0.724. The fourth-order valence-corrected chi connectivity index (χ4v) is 2.02. The number of hydrogen-bond donors (Lipinski definition) is 2. The van der Waals surface area contributed by atoms with Crippen LogP contribution in [0.1, 0.15) is 11.1 Å². The minimum absolute atomic E-state index is 0.206. The number of carboxylic acids is 1. The summed E-state index contributed by atoms with van der Waals surface area (Å²) < 4.78 is 5.23. The van der Waals surface area contributed by atoms with E-state index in [2.05, 4.69) is 10.3 Å². The number of amides is 1. The number of ether oxygens (including phenoxy) is 1. The standard InChI is InChI=1S/C18H18N2O4/c21-17(8-7-14-4-3-10-19-12-14)20-11-9-15-5-1-2-6-16(15)24-13-18(22)23/h1-8,10,12H,9,11,13H2,(H,20,21)(H,22,23)/b8-7+. The smallest absolute Gasteiger partial charge is 0.341 e. The number of carbonyl (C=O) groups is 2. The molecule has 0 fully saturated rings. The molecule has 124 valence electrons. The van der Waals surface area contributed by atoms with E-state index in [4.69, 9.17) is 9.84 Å². The van der Waals surface area contributed by atoms with Crippen LogP contribution >= 0.6 is 0 Å². The molecular weight excluding hydrogens is 308 g/mol. The second-order valence-corrected chi connectivity index (χ2v) is 4.95. The molecule has 1 aromatic heterocycles. The van der Waals surface area contributed by atoms with Gasteiger partial charge in [-0.05, 0) is 35.8 Å². The summed E-state index contributed by atoms with van der Waals surface area (Å²) in [5, 5.41) is 11.4. The van der Waals surface area contributed by atoms with Crippen LogP contribution in [-0.4, -0.2) is 35.1 Å². The monoisotopic (exact) mass is 326 g/mol. The van der Waals surface area contributed by atoms with Gasteiger partial charge in [-0.3, -0.25) is 9.78 Å². The van der Waals surface area contributed by atoms with Crippen molar-refractivity contribution in [1.82, 2.24) is 10.3 Å². The molecule has 2 N–H and O–H groups in total. The van der Waals surface area contributed by atoms with Gasteiger partial charge in [0, 0.05) is 25.0 Å². The van der Waals surface area contributed by atoms with Gasteiger partial charge in [0.25, 0.3) is 0 Å². The maximum atomic E-state index is 11.8. The fraction of sp³-hybridized carbons (Fsp3) is 0.167. The highest BCUT2D eigenvalue weighted by atomic mass is 16.5. The number of nitrogens with one attached hydrogen (secondary N) is 1. The van der Waals surface area contributed by atoms with E-state index < -0.39 is 12.6 Å². The van der Waals surface area contributed by atoms with Crippen LogP contribution in [0.2, 0.25) is 0 Å². The molecule has 6 nitrogen and oxygen atoms in total. The lowest BCUT2D eigenvalue weighted by molar-refractivity contribution is -0.139. The second kappa shape index (κ2) is 9.09. The first-order valence-electron chi connectivity index (χ1n) is 7.43. The molecular formula is C18H18N2O4. The number of carboxylic acid groups (broad SMARTS) is 1. The maximum absolute atomic E-state index is 11.8. The summed E-state index contributed by atoms with van der Waals surface area (Å²) in [5.74, 6) is -0.721. The van der Waals surface area contributed by atoms with Crippen molar-refractivity contribution in [3.63, 3.8) is 0 Å². The number of aromatic nitrogens is 1. The Hall–Kier alpha value is -3.15. The largest absolute Gasteiger partial charge is 0.482 e. The van der Waals surface area contributed by atoms with Crippen LogP contribution in [0.4, 0.5) is 0 Å². The normalized spacial score (nSPS) is 10.5. The predicted molar refractivity (Wildman–Crippen MR) is 89.6 cm³/mol. The van der Waals surface area contributed by atoms with Crippen molar-refractivity contribution < 1.29 is 19.4 Å². The summed E-state index contributed by atoms with van der Waals surface area (Å²) in [6.07, 6.45) is 7.01. The Morgan fingerprint density at radius 2 is 2.04 bits per heavy atom. The second-order valence-electron chi connectivity index (χ2n) is 4.95. The average Bonchev–Trinajstić information content (AvgIpc) is 2.60. The van der Waals surface area contributed by atoms with Crippen molar-refractivity contribution in [2.24, 2.45) is 0 Å². The minimum Gasteiger partial charge on any atom is -0.482 e. The zero-order valence-electron chi connectivity index (χ0n) is 13.0. The van der Waals surface area contributed by atoms with Crippen LogP contribution in [0.15, 0.2) is 54.9 Å². The minimum atomic E-state index is -1.03. The molecule has 0 bridgehead atoms. The van der Waals surface area contributed by atoms with Crippen molar-refractivity contribution in [2.45, 2.75) is 6.42 Å². The molecule has 24 heavy (non-hydrogen) atoms. The molecule has 0 aliphatic carbocycles. The van der Waals surface area contributed by atoms with Gasteiger partial charge in [-0.1, -0.05) is 24.3 Å².